The molecular weight excluding hydrogens is 331 g/mol. The van der Waals surface area contributed by atoms with Gasteiger partial charge in [-0.1, -0.05) is 12.1 Å². The fraction of sp³-hybridized carbons (Fsp3) is 0.118. The molecule has 3 aromatic rings. The fourth-order valence-corrected chi connectivity index (χ4v) is 3.37. The Morgan fingerprint density at radius 3 is 2.50 bits per heavy atom. The summed E-state index contributed by atoms with van der Waals surface area (Å²) >= 11 is 0. The van der Waals surface area contributed by atoms with Gasteiger partial charge in [-0.3, -0.25) is 4.79 Å². The monoisotopic (exact) mass is 346 g/mol. The van der Waals surface area contributed by atoms with Gasteiger partial charge in [0.05, 0.1) is 4.90 Å². The summed E-state index contributed by atoms with van der Waals surface area (Å²) in [5.74, 6) is -0.518. The van der Waals surface area contributed by atoms with Crippen molar-refractivity contribution in [2.24, 2.45) is 0 Å². The van der Waals surface area contributed by atoms with Gasteiger partial charge >= 0.3 is 0 Å². The molecule has 0 aliphatic rings. The second-order valence-electron chi connectivity index (χ2n) is 5.49. The Morgan fingerprint density at radius 2 is 1.79 bits per heavy atom. The predicted octanol–water partition coefficient (Wildman–Crippen LogP) is 2.45. The van der Waals surface area contributed by atoms with Crippen LogP contribution in [0.3, 0.4) is 0 Å². The molecule has 0 atom stereocenters. The van der Waals surface area contributed by atoms with Gasteiger partial charge in [0.25, 0.3) is 5.56 Å². The summed E-state index contributed by atoms with van der Waals surface area (Å²) < 4.78 is 39.6. The van der Waals surface area contributed by atoms with Crippen molar-refractivity contribution in [3.8, 4) is 0 Å². The quantitative estimate of drug-likeness (QED) is 0.762. The molecule has 1 aromatic heterocycles. The van der Waals surface area contributed by atoms with Crippen molar-refractivity contribution >= 4 is 20.9 Å². The lowest BCUT2D eigenvalue weighted by atomic mass is 10.1. The van der Waals surface area contributed by atoms with Gasteiger partial charge in [-0.25, -0.2) is 17.5 Å². The van der Waals surface area contributed by atoms with Gasteiger partial charge < -0.3 is 4.98 Å². The van der Waals surface area contributed by atoms with E-state index < -0.39 is 15.8 Å². The summed E-state index contributed by atoms with van der Waals surface area (Å²) in [5, 5.41) is 0.816. The van der Waals surface area contributed by atoms with Crippen LogP contribution in [-0.4, -0.2) is 13.4 Å². The van der Waals surface area contributed by atoms with E-state index >= 15 is 0 Å². The number of pyridine rings is 1. The lowest BCUT2D eigenvalue weighted by Crippen LogP contribution is -2.27. The molecule has 0 fully saturated rings. The molecule has 3 rings (SSSR count). The Morgan fingerprint density at radius 1 is 1.08 bits per heavy atom. The summed E-state index contributed by atoms with van der Waals surface area (Å²) in [6, 6.07) is 11.8. The van der Waals surface area contributed by atoms with E-state index in [1.807, 2.05) is 25.1 Å². The van der Waals surface area contributed by atoms with Crippen LogP contribution in [-0.2, 0) is 16.6 Å². The summed E-state index contributed by atoms with van der Waals surface area (Å²) in [5.41, 5.74) is 1.67. The van der Waals surface area contributed by atoms with Gasteiger partial charge in [0.15, 0.2) is 0 Å². The standard InChI is InChI=1S/C17H15FN2O3S/c1-11-2-3-12-9-13(17(21)20-16(12)8-11)10-19-24(22,23)15-6-4-14(18)5-7-15/h2-9,19H,10H2,1H3,(H,20,21). The first-order chi connectivity index (χ1) is 11.3. The van der Waals surface area contributed by atoms with Gasteiger partial charge in [-0.2, -0.15) is 0 Å². The highest BCUT2D eigenvalue weighted by Crippen LogP contribution is 2.14. The predicted molar refractivity (Wildman–Crippen MR) is 89.7 cm³/mol. The zero-order valence-electron chi connectivity index (χ0n) is 12.8. The Kier molecular flexibility index (Phi) is 4.21. The van der Waals surface area contributed by atoms with Crippen molar-refractivity contribution in [1.82, 2.24) is 9.71 Å². The normalized spacial score (nSPS) is 11.8. The Hall–Kier alpha value is -2.51. The minimum absolute atomic E-state index is 0.0586. The summed E-state index contributed by atoms with van der Waals surface area (Å²) in [4.78, 5) is 14.8. The van der Waals surface area contributed by atoms with Crippen LogP contribution in [0.1, 0.15) is 11.1 Å². The number of rotatable bonds is 4. The topological polar surface area (TPSA) is 79.0 Å². The van der Waals surface area contributed by atoms with Crippen LogP contribution in [0.5, 0.6) is 0 Å². The molecule has 7 heteroatoms. The number of benzene rings is 2. The van der Waals surface area contributed by atoms with E-state index in [-0.39, 0.29) is 17.0 Å². The average molecular weight is 346 g/mol. The average Bonchev–Trinajstić information content (AvgIpc) is 2.53. The first-order valence-electron chi connectivity index (χ1n) is 7.23. The number of aryl methyl sites for hydroxylation is 1. The molecule has 0 aliphatic carbocycles. The van der Waals surface area contributed by atoms with Gasteiger partial charge in [-0.15, -0.1) is 0 Å². The molecule has 1 heterocycles. The van der Waals surface area contributed by atoms with Gasteiger partial charge in [-0.05, 0) is 54.3 Å². The number of aromatic amines is 1. The second-order valence-corrected chi connectivity index (χ2v) is 7.26. The smallest absolute Gasteiger partial charge is 0.252 e. The molecule has 0 aliphatic heterocycles. The number of aromatic nitrogens is 1. The minimum Gasteiger partial charge on any atom is -0.322 e. The number of H-pyrrole nitrogens is 1. The molecule has 2 aromatic carbocycles. The molecule has 0 spiro atoms. The zero-order valence-corrected chi connectivity index (χ0v) is 13.7. The molecule has 0 amide bonds. The number of sulfonamides is 1. The maximum Gasteiger partial charge on any atom is 0.252 e. The van der Waals surface area contributed by atoms with Crippen LogP contribution < -0.4 is 10.3 Å². The van der Waals surface area contributed by atoms with E-state index in [0.29, 0.717) is 11.1 Å². The SMILES string of the molecule is Cc1ccc2cc(CNS(=O)(=O)c3ccc(F)cc3)c(=O)[nH]c2c1. The molecule has 5 nitrogen and oxygen atoms in total. The maximum absolute atomic E-state index is 12.9. The van der Waals surface area contributed by atoms with E-state index in [4.69, 9.17) is 0 Å². The summed E-state index contributed by atoms with van der Waals surface area (Å²) in [6.07, 6.45) is 0. The minimum atomic E-state index is -3.82. The van der Waals surface area contributed by atoms with Crippen LogP contribution in [0.25, 0.3) is 10.9 Å². The molecule has 0 unspecified atom stereocenters. The number of hydrogen-bond donors (Lipinski definition) is 2. The van der Waals surface area contributed by atoms with Crippen molar-refractivity contribution in [3.63, 3.8) is 0 Å². The molecule has 2 N–H and O–H groups in total. The number of halogens is 1. The number of fused-ring (bicyclic) bond motifs is 1. The van der Waals surface area contributed by atoms with E-state index in [9.17, 15) is 17.6 Å². The largest absolute Gasteiger partial charge is 0.322 e. The maximum atomic E-state index is 12.9. The molecular formula is C17H15FN2O3S. The highest BCUT2D eigenvalue weighted by atomic mass is 32.2. The van der Waals surface area contributed by atoms with Crippen LogP contribution in [0.15, 0.2) is 58.2 Å². The van der Waals surface area contributed by atoms with E-state index in [0.717, 1.165) is 23.1 Å². The Balaban J connectivity index is 1.87. The van der Waals surface area contributed by atoms with Crippen LogP contribution in [0.2, 0.25) is 0 Å². The zero-order chi connectivity index (χ0) is 17.3. The van der Waals surface area contributed by atoms with Crippen LogP contribution >= 0.6 is 0 Å². The third-order valence-corrected chi connectivity index (χ3v) is 5.07. The van der Waals surface area contributed by atoms with E-state index in [1.165, 1.54) is 12.1 Å². The Bertz CT molecular complexity index is 1060. The van der Waals surface area contributed by atoms with Crippen molar-refractivity contribution < 1.29 is 12.8 Å². The molecule has 0 radical (unpaired) electrons. The molecule has 124 valence electrons. The third kappa shape index (κ3) is 3.37. The van der Waals surface area contributed by atoms with Crippen molar-refractivity contribution in [2.75, 3.05) is 0 Å². The van der Waals surface area contributed by atoms with Crippen molar-refractivity contribution in [1.29, 1.82) is 0 Å². The van der Waals surface area contributed by atoms with Crippen LogP contribution in [0, 0.1) is 12.7 Å². The van der Waals surface area contributed by atoms with Gasteiger partial charge in [0.2, 0.25) is 10.0 Å². The van der Waals surface area contributed by atoms with Crippen molar-refractivity contribution in [3.05, 3.63) is 75.8 Å². The second kappa shape index (κ2) is 6.18. The first-order valence-corrected chi connectivity index (χ1v) is 8.71. The van der Waals surface area contributed by atoms with Crippen molar-refractivity contribution in [2.45, 2.75) is 18.4 Å². The highest BCUT2D eigenvalue weighted by Gasteiger charge is 2.14. The molecule has 0 saturated heterocycles. The molecule has 24 heavy (non-hydrogen) atoms. The van der Waals surface area contributed by atoms with Crippen LogP contribution in [0.4, 0.5) is 4.39 Å². The first kappa shape index (κ1) is 16.4. The van der Waals surface area contributed by atoms with Gasteiger partial charge in [0.1, 0.15) is 5.82 Å². The molecule has 0 saturated carbocycles. The van der Waals surface area contributed by atoms with E-state index in [2.05, 4.69) is 9.71 Å². The van der Waals surface area contributed by atoms with E-state index in [1.54, 1.807) is 6.07 Å². The summed E-state index contributed by atoms with van der Waals surface area (Å²) in [6.45, 7) is 1.77. The summed E-state index contributed by atoms with van der Waals surface area (Å²) in [7, 11) is -3.82. The third-order valence-electron chi connectivity index (χ3n) is 3.65. The Labute approximate surface area is 138 Å². The number of nitrogens with one attached hydrogen (secondary N) is 2. The fourth-order valence-electron chi connectivity index (χ4n) is 2.36. The van der Waals surface area contributed by atoms with Gasteiger partial charge in [0, 0.05) is 17.6 Å². The molecule has 0 bridgehead atoms. The lowest BCUT2D eigenvalue weighted by Gasteiger charge is -2.08. The number of hydrogen-bond acceptors (Lipinski definition) is 3. The lowest BCUT2D eigenvalue weighted by molar-refractivity contribution is 0.580. The highest BCUT2D eigenvalue weighted by molar-refractivity contribution is 7.89.